The molecule has 0 fully saturated rings. The first-order chi connectivity index (χ1) is 18.4. The van der Waals surface area contributed by atoms with Crippen molar-refractivity contribution in [2.45, 2.75) is 32.5 Å². The molecule has 0 bridgehead atoms. The number of anilines is 3. The summed E-state index contributed by atoms with van der Waals surface area (Å²) in [6.45, 7) is 3.84. The lowest BCUT2D eigenvalue weighted by atomic mass is 10.1. The van der Waals surface area contributed by atoms with Crippen molar-refractivity contribution in [2.75, 3.05) is 15.5 Å². The van der Waals surface area contributed by atoms with Crippen LogP contribution in [-0.2, 0) is 27.0 Å². The minimum atomic E-state index is -4.65. The fraction of sp³-hybridized carbons (Fsp3) is 0.179. The average Bonchev–Trinajstić information content (AvgIpc) is 3.08. The van der Waals surface area contributed by atoms with Crippen LogP contribution < -0.4 is 20.3 Å². The van der Waals surface area contributed by atoms with E-state index in [2.05, 4.69) is 10.6 Å². The normalized spacial score (nSPS) is 13.8. The molecule has 0 atom stereocenters. The number of halogens is 4. The minimum absolute atomic E-state index is 0.0387. The van der Waals surface area contributed by atoms with Gasteiger partial charge in [-0.15, -0.1) is 0 Å². The van der Waals surface area contributed by atoms with Crippen molar-refractivity contribution in [1.29, 1.82) is 0 Å². The summed E-state index contributed by atoms with van der Waals surface area (Å²) in [5.41, 5.74) is 0.158. The molecular weight excluding hydrogens is 535 g/mol. The molecule has 0 aromatic heterocycles. The molecule has 0 radical (unpaired) electrons. The number of nitrogens with one attached hydrogen (secondary N) is 2. The highest BCUT2D eigenvalue weighted by molar-refractivity contribution is 6.53. The van der Waals surface area contributed by atoms with Gasteiger partial charge in [0.15, 0.2) is 0 Å². The summed E-state index contributed by atoms with van der Waals surface area (Å²) >= 11 is 6.08. The molecule has 1 aliphatic heterocycles. The van der Waals surface area contributed by atoms with Crippen LogP contribution in [0.5, 0.6) is 5.75 Å². The first kappa shape index (κ1) is 27.7. The van der Waals surface area contributed by atoms with Gasteiger partial charge in [-0.3, -0.25) is 14.4 Å². The van der Waals surface area contributed by atoms with Crippen LogP contribution in [0.2, 0.25) is 0 Å². The van der Waals surface area contributed by atoms with E-state index in [1.54, 1.807) is 48.5 Å². The lowest BCUT2D eigenvalue weighted by molar-refractivity contribution is -0.137. The van der Waals surface area contributed by atoms with E-state index in [0.29, 0.717) is 33.7 Å². The first-order valence-electron chi connectivity index (χ1n) is 11.8. The van der Waals surface area contributed by atoms with Crippen molar-refractivity contribution in [2.24, 2.45) is 0 Å². The van der Waals surface area contributed by atoms with Crippen LogP contribution >= 0.6 is 11.6 Å². The predicted molar refractivity (Wildman–Crippen MR) is 141 cm³/mol. The van der Waals surface area contributed by atoms with Crippen LogP contribution in [0.1, 0.15) is 25.0 Å². The first-order valence-corrected chi connectivity index (χ1v) is 12.2. The molecule has 0 spiro atoms. The van der Waals surface area contributed by atoms with Gasteiger partial charge in [0.25, 0.3) is 11.8 Å². The molecule has 1 aliphatic rings. The number of carbonyl (C=O) groups excluding carboxylic acids is 3. The Balaban J connectivity index is 1.39. The molecule has 4 rings (SSSR count). The third-order valence-electron chi connectivity index (χ3n) is 5.56. The summed E-state index contributed by atoms with van der Waals surface area (Å²) in [7, 11) is 0. The Labute approximate surface area is 227 Å². The van der Waals surface area contributed by atoms with Gasteiger partial charge in [0.2, 0.25) is 5.91 Å². The van der Waals surface area contributed by atoms with Crippen molar-refractivity contribution < 1.29 is 32.3 Å². The number of hydrogen-bond donors (Lipinski definition) is 2. The van der Waals surface area contributed by atoms with Gasteiger partial charge in [0.05, 0.1) is 23.8 Å². The molecule has 7 nitrogen and oxygen atoms in total. The third-order valence-corrected chi connectivity index (χ3v) is 5.91. The fourth-order valence-corrected chi connectivity index (χ4v) is 4.01. The Hall–Kier alpha value is -4.31. The maximum Gasteiger partial charge on any atom is 0.416 e. The number of imide groups is 1. The molecule has 1 heterocycles. The van der Waals surface area contributed by atoms with Gasteiger partial charge in [-0.2, -0.15) is 13.2 Å². The Morgan fingerprint density at radius 1 is 0.949 bits per heavy atom. The van der Waals surface area contributed by atoms with E-state index >= 15 is 0 Å². The maximum atomic E-state index is 13.1. The molecule has 11 heteroatoms. The lowest BCUT2D eigenvalue weighted by Gasteiger charge is -2.17. The Bertz CT molecular complexity index is 1440. The molecule has 39 heavy (non-hydrogen) atoms. The van der Waals surface area contributed by atoms with Crippen molar-refractivity contribution >= 4 is 46.4 Å². The molecule has 0 unspecified atom stereocenters. The molecule has 0 saturated heterocycles. The number of nitrogens with zero attached hydrogens (tertiary/aromatic N) is 1. The van der Waals surface area contributed by atoms with E-state index in [9.17, 15) is 27.6 Å². The lowest BCUT2D eigenvalue weighted by Crippen LogP contribution is -2.32. The highest BCUT2D eigenvalue weighted by Gasteiger charge is 2.40. The molecule has 3 amide bonds. The van der Waals surface area contributed by atoms with Gasteiger partial charge in [-0.1, -0.05) is 29.8 Å². The molecule has 3 aromatic carbocycles. The summed E-state index contributed by atoms with van der Waals surface area (Å²) in [4.78, 5) is 38.6. The summed E-state index contributed by atoms with van der Waals surface area (Å²) in [5.74, 6) is -1.38. The monoisotopic (exact) mass is 557 g/mol. The zero-order valence-corrected chi connectivity index (χ0v) is 21.6. The quantitative estimate of drug-likeness (QED) is 0.326. The van der Waals surface area contributed by atoms with Crippen LogP contribution in [0.15, 0.2) is 83.5 Å². The van der Waals surface area contributed by atoms with Crippen molar-refractivity contribution in [3.8, 4) is 5.75 Å². The van der Waals surface area contributed by atoms with E-state index in [-0.39, 0.29) is 29.8 Å². The summed E-state index contributed by atoms with van der Waals surface area (Å²) in [6, 6.07) is 17.3. The van der Waals surface area contributed by atoms with E-state index in [4.69, 9.17) is 16.3 Å². The minimum Gasteiger partial charge on any atom is -0.491 e. The number of rotatable bonds is 8. The van der Waals surface area contributed by atoms with E-state index in [1.165, 1.54) is 6.07 Å². The van der Waals surface area contributed by atoms with E-state index in [1.807, 2.05) is 13.8 Å². The Morgan fingerprint density at radius 3 is 2.21 bits per heavy atom. The molecule has 2 N–H and O–H groups in total. The smallest absolute Gasteiger partial charge is 0.416 e. The SMILES string of the molecule is CC(C)Oc1ccc(NC(=O)Cc2ccc(NC3=C(Cl)C(=O)N(c4cccc(C(F)(F)F)c4)C3=O)cc2)cc1. The van der Waals surface area contributed by atoms with Crippen LogP contribution in [-0.4, -0.2) is 23.8 Å². The van der Waals surface area contributed by atoms with Crippen molar-refractivity contribution in [1.82, 2.24) is 0 Å². The second kappa shape index (κ2) is 11.2. The summed E-state index contributed by atoms with van der Waals surface area (Å²) in [6.07, 6.45) is -4.53. The van der Waals surface area contributed by atoms with Gasteiger partial charge >= 0.3 is 6.18 Å². The molecule has 3 aromatic rings. The van der Waals surface area contributed by atoms with Gasteiger partial charge < -0.3 is 15.4 Å². The largest absolute Gasteiger partial charge is 0.491 e. The van der Waals surface area contributed by atoms with Gasteiger partial charge in [-0.05, 0) is 74.0 Å². The fourth-order valence-electron chi connectivity index (χ4n) is 3.80. The standard InChI is InChI=1S/C28H23ClF3N3O4/c1-16(2)39-22-12-10-19(11-13-22)33-23(36)14-17-6-8-20(9-7-17)34-25-24(29)26(37)35(27(25)38)21-5-3-4-18(15-21)28(30,31)32/h3-13,15-16,34H,14H2,1-2H3,(H,33,36). The van der Waals surface area contributed by atoms with E-state index < -0.39 is 28.6 Å². The number of carbonyl (C=O) groups is 3. The second-order valence-corrected chi connectivity index (χ2v) is 9.30. The third kappa shape index (κ3) is 6.58. The highest BCUT2D eigenvalue weighted by atomic mass is 35.5. The zero-order chi connectivity index (χ0) is 28.3. The predicted octanol–water partition coefficient (Wildman–Crippen LogP) is 6.11. The highest BCUT2D eigenvalue weighted by Crippen LogP contribution is 2.35. The molecule has 0 aliphatic carbocycles. The average molecular weight is 558 g/mol. The number of hydrogen-bond acceptors (Lipinski definition) is 5. The van der Waals surface area contributed by atoms with Gasteiger partial charge in [-0.25, -0.2) is 4.90 Å². The number of alkyl halides is 3. The van der Waals surface area contributed by atoms with Crippen LogP contribution in [0.3, 0.4) is 0 Å². The molecular formula is C28H23ClF3N3O4. The summed E-state index contributed by atoms with van der Waals surface area (Å²) in [5, 5.41) is 5.10. The number of benzene rings is 3. The Kier molecular flexibility index (Phi) is 7.96. The number of ether oxygens (including phenoxy) is 1. The van der Waals surface area contributed by atoms with Crippen LogP contribution in [0.4, 0.5) is 30.2 Å². The number of amides is 3. The maximum absolute atomic E-state index is 13.1. The zero-order valence-electron chi connectivity index (χ0n) is 20.8. The van der Waals surface area contributed by atoms with Crippen LogP contribution in [0, 0.1) is 0 Å². The van der Waals surface area contributed by atoms with Crippen LogP contribution in [0.25, 0.3) is 0 Å². The Morgan fingerprint density at radius 2 is 1.59 bits per heavy atom. The van der Waals surface area contributed by atoms with Crippen molar-refractivity contribution in [3.63, 3.8) is 0 Å². The van der Waals surface area contributed by atoms with E-state index in [0.717, 1.165) is 12.1 Å². The summed E-state index contributed by atoms with van der Waals surface area (Å²) < 4.78 is 44.9. The van der Waals surface area contributed by atoms with Crippen molar-refractivity contribution in [3.05, 3.63) is 94.7 Å². The molecule has 202 valence electrons. The second-order valence-electron chi connectivity index (χ2n) is 8.92. The van der Waals surface area contributed by atoms with Gasteiger partial charge in [0, 0.05) is 11.4 Å². The van der Waals surface area contributed by atoms with Gasteiger partial charge in [0.1, 0.15) is 16.5 Å². The topological polar surface area (TPSA) is 87.7 Å². The molecule has 0 saturated carbocycles.